The molecule has 1 heterocycles. The lowest BCUT2D eigenvalue weighted by molar-refractivity contribution is 0.401. The van der Waals surface area contributed by atoms with Gasteiger partial charge in [0.15, 0.2) is 5.82 Å². The minimum atomic E-state index is 0.586. The molecular weight excluding hydrogens is 328 g/mol. The highest BCUT2D eigenvalue weighted by Crippen LogP contribution is 2.30. The molecule has 3 rings (SSSR count). The Kier molecular flexibility index (Phi) is 3.53. The monoisotopic (exact) mass is 336 g/mol. The van der Waals surface area contributed by atoms with Crippen LogP contribution in [0.5, 0.6) is 0 Å². The van der Waals surface area contributed by atoms with Crippen LogP contribution >= 0.6 is 27.5 Å². The van der Waals surface area contributed by atoms with Gasteiger partial charge in [0.05, 0.1) is 0 Å². The molecule has 0 bridgehead atoms. The van der Waals surface area contributed by atoms with Gasteiger partial charge in [-0.25, -0.2) is 0 Å². The Hall–Kier alpha value is -1.39. The van der Waals surface area contributed by atoms with Gasteiger partial charge in [0.25, 0.3) is 5.89 Å². The molecule has 0 radical (unpaired) electrons. The fourth-order valence-electron chi connectivity index (χ4n) is 1.92. The Labute approximate surface area is 124 Å². The highest BCUT2D eigenvalue weighted by Gasteiger charge is 2.15. The molecule has 5 heteroatoms. The van der Waals surface area contributed by atoms with Crippen LogP contribution in [0.15, 0.2) is 45.4 Å². The van der Waals surface area contributed by atoms with Crippen molar-refractivity contribution in [1.29, 1.82) is 0 Å². The lowest BCUT2D eigenvalue weighted by Gasteiger charge is -1.96. The van der Waals surface area contributed by atoms with Gasteiger partial charge in [0.1, 0.15) is 0 Å². The van der Waals surface area contributed by atoms with E-state index in [2.05, 4.69) is 26.1 Å². The molecule has 1 aliphatic carbocycles. The molecule has 0 unspecified atom stereocenters. The van der Waals surface area contributed by atoms with Gasteiger partial charge in [-0.3, -0.25) is 0 Å². The maximum Gasteiger partial charge on any atom is 0.254 e. The SMILES string of the molecule is Clc1cccc(Cc2noc(C3=CC=C(Br)C3)n2)c1. The van der Waals surface area contributed by atoms with E-state index in [-0.39, 0.29) is 0 Å². The van der Waals surface area contributed by atoms with Crippen molar-refractivity contribution >= 4 is 33.1 Å². The summed E-state index contributed by atoms with van der Waals surface area (Å²) in [7, 11) is 0. The number of halogens is 2. The van der Waals surface area contributed by atoms with E-state index in [4.69, 9.17) is 16.1 Å². The molecule has 0 saturated heterocycles. The van der Waals surface area contributed by atoms with Crippen LogP contribution in [-0.4, -0.2) is 10.1 Å². The van der Waals surface area contributed by atoms with Gasteiger partial charge in [-0.05, 0) is 22.2 Å². The van der Waals surface area contributed by atoms with Crippen LogP contribution in [0.1, 0.15) is 23.7 Å². The van der Waals surface area contributed by atoms with Crippen LogP contribution in [-0.2, 0) is 6.42 Å². The van der Waals surface area contributed by atoms with Crippen LogP contribution in [0.25, 0.3) is 5.57 Å². The van der Waals surface area contributed by atoms with E-state index in [0.717, 1.165) is 22.0 Å². The lowest BCUT2D eigenvalue weighted by atomic mass is 10.1. The van der Waals surface area contributed by atoms with Crippen molar-refractivity contribution in [2.24, 2.45) is 0 Å². The first-order valence-corrected chi connectivity index (χ1v) is 7.00. The quantitative estimate of drug-likeness (QED) is 0.834. The fourth-order valence-corrected chi connectivity index (χ4v) is 2.57. The molecule has 0 amide bonds. The van der Waals surface area contributed by atoms with Crippen LogP contribution < -0.4 is 0 Å². The number of hydrogen-bond donors (Lipinski definition) is 0. The molecule has 96 valence electrons. The molecule has 3 nitrogen and oxygen atoms in total. The standard InChI is InChI=1S/C14H10BrClN2O/c15-11-5-4-10(8-11)14-17-13(18-19-14)7-9-2-1-3-12(16)6-9/h1-6H,7-8H2. The third-order valence-corrected chi connectivity index (χ3v) is 3.60. The van der Waals surface area contributed by atoms with Crippen LogP contribution in [0, 0.1) is 0 Å². The number of benzene rings is 1. The molecule has 19 heavy (non-hydrogen) atoms. The molecule has 1 aromatic carbocycles. The second-order valence-electron chi connectivity index (χ2n) is 4.30. The highest BCUT2D eigenvalue weighted by molar-refractivity contribution is 9.11. The lowest BCUT2D eigenvalue weighted by Crippen LogP contribution is -1.91. The maximum absolute atomic E-state index is 5.95. The predicted octanol–water partition coefficient (Wildman–Crippen LogP) is 4.38. The second-order valence-corrected chi connectivity index (χ2v) is 5.76. The summed E-state index contributed by atoms with van der Waals surface area (Å²) in [4.78, 5) is 4.41. The van der Waals surface area contributed by atoms with Crippen molar-refractivity contribution in [2.45, 2.75) is 12.8 Å². The summed E-state index contributed by atoms with van der Waals surface area (Å²) in [5, 5.41) is 4.72. The van der Waals surface area contributed by atoms with E-state index in [0.29, 0.717) is 23.2 Å². The fraction of sp³-hybridized carbons (Fsp3) is 0.143. The second kappa shape index (κ2) is 5.31. The molecule has 0 spiro atoms. The number of hydrogen-bond acceptors (Lipinski definition) is 3. The molecule has 0 N–H and O–H groups in total. The maximum atomic E-state index is 5.95. The predicted molar refractivity (Wildman–Crippen MR) is 78.2 cm³/mol. The summed E-state index contributed by atoms with van der Waals surface area (Å²) in [5.41, 5.74) is 2.11. The zero-order chi connectivity index (χ0) is 13.2. The van der Waals surface area contributed by atoms with Crippen molar-refractivity contribution in [3.63, 3.8) is 0 Å². The smallest absolute Gasteiger partial charge is 0.254 e. The van der Waals surface area contributed by atoms with Gasteiger partial charge < -0.3 is 4.52 Å². The zero-order valence-electron chi connectivity index (χ0n) is 9.94. The summed E-state index contributed by atoms with van der Waals surface area (Å²) in [6.07, 6.45) is 5.40. The van der Waals surface area contributed by atoms with Crippen LogP contribution in [0.3, 0.4) is 0 Å². The van der Waals surface area contributed by atoms with E-state index in [1.54, 1.807) is 0 Å². The number of aromatic nitrogens is 2. The van der Waals surface area contributed by atoms with Crippen molar-refractivity contribution in [3.8, 4) is 0 Å². The van der Waals surface area contributed by atoms with Gasteiger partial charge in [-0.1, -0.05) is 57.0 Å². The van der Waals surface area contributed by atoms with Gasteiger partial charge in [-0.2, -0.15) is 4.98 Å². The Morgan fingerprint density at radius 3 is 2.95 bits per heavy atom. The third-order valence-electron chi connectivity index (χ3n) is 2.82. The van der Waals surface area contributed by atoms with E-state index in [1.807, 2.05) is 36.4 Å². The minimum Gasteiger partial charge on any atom is -0.334 e. The zero-order valence-corrected chi connectivity index (χ0v) is 12.3. The molecule has 0 aliphatic heterocycles. The summed E-state index contributed by atoms with van der Waals surface area (Å²) in [6, 6.07) is 7.66. The van der Waals surface area contributed by atoms with Crippen molar-refractivity contribution < 1.29 is 4.52 Å². The number of allylic oxidation sites excluding steroid dienone is 4. The first kappa shape index (κ1) is 12.6. The van der Waals surface area contributed by atoms with Crippen LogP contribution in [0.2, 0.25) is 5.02 Å². The van der Waals surface area contributed by atoms with E-state index < -0.39 is 0 Å². The summed E-state index contributed by atoms with van der Waals surface area (Å²) in [6.45, 7) is 0. The highest BCUT2D eigenvalue weighted by atomic mass is 79.9. The molecule has 2 aromatic rings. The first-order valence-electron chi connectivity index (χ1n) is 5.83. The minimum absolute atomic E-state index is 0.586. The molecule has 0 saturated carbocycles. The molecular formula is C14H10BrClN2O. The van der Waals surface area contributed by atoms with Gasteiger partial charge in [0, 0.05) is 23.4 Å². The van der Waals surface area contributed by atoms with Gasteiger partial charge in [-0.15, -0.1) is 0 Å². The largest absolute Gasteiger partial charge is 0.334 e. The average Bonchev–Trinajstić information content (AvgIpc) is 2.98. The van der Waals surface area contributed by atoms with E-state index in [1.165, 1.54) is 0 Å². The van der Waals surface area contributed by atoms with Crippen LogP contribution in [0.4, 0.5) is 0 Å². The number of rotatable bonds is 3. The molecule has 1 aromatic heterocycles. The van der Waals surface area contributed by atoms with E-state index in [9.17, 15) is 0 Å². The van der Waals surface area contributed by atoms with Gasteiger partial charge in [0.2, 0.25) is 0 Å². The van der Waals surface area contributed by atoms with Crippen molar-refractivity contribution in [1.82, 2.24) is 10.1 Å². The Bertz CT molecular complexity index is 676. The molecule has 1 aliphatic rings. The average molecular weight is 338 g/mol. The summed E-state index contributed by atoms with van der Waals surface area (Å²) in [5.74, 6) is 1.25. The third kappa shape index (κ3) is 2.96. The normalized spacial score (nSPS) is 14.4. The Morgan fingerprint density at radius 1 is 1.32 bits per heavy atom. The Balaban J connectivity index is 1.75. The summed E-state index contributed by atoms with van der Waals surface area (Å²) < 4.78 is 6.41. The topological polar surface area (TPSA) is 38.9 Å². The summed E-state index contributed by atoms with van der Waals surface area (Å²) >= 11 is 9.40. The Morgan fingerprint density at radius 2 is 2.21 bits per heavy atom. The molecule has 0 atom stereocenters. The van der Waals surface area contributed by atoms with Gasteiger partial charge >= 0.3 is 0 Å². The van der Waals surface area contributed by atoms with Crippen molar-refractivity contribution in [2.75, 3.05) is 0 Å². The first-order chi connectivity index (χ1) is 9.20. The number of nitrogens with zero attached hydrogens (tertiary/aromatic N) is 2. The molecule has 0 fully saturated rings. The van der Waals surface area contributed by atoms with Crippen molar-refractivity contribution in [3.05, 3.63) is 63.2 Å². The van der Waals surface area contributed by atoms with E-state index >= 15 is 0 Å².